The van der Waals surface area contributed by atoms with Crippen LogP contribution in [0.4, 0.5) is 5.95 Å². The average molecular weight is 382 g/mol. The maximum absolute atomic E-state index is 12.8. The number of nitrogen functional groups attached to an aromatic ring is 1. The fourth-order valence-corrected chi connectivity index (χ4v) is 4.87. The van der Waals surface area contributed by atoms with Crippen molar-refractivity contribution >= 4 is 33.4 Å². The zero-order valence-electron chi connectivity index (χ0n) is 15.2. The first-order chi connectivity index (χ1) is 13.1. The Kier molecular flexibility index (Phi) is 4.70. The smallest absolute Gasteiger partial charge is 0.261 e. The Balaban J connectivity index is 1.56. The quantitative estimate of drug-likeness (QED) is 0.705. The number of benzene rings is 1. The van der Waals surface area contributed by atoms with Gasteiger partial charge in [0.15, 0.2) is 0 Å². The second-order valence-corrected chi connectivity index (χ2v) is 7.99. The van der Waals surface area contributed by atoms with Gasteiger partial charge in [0.1, 0.15) is 4.83 Å². The van der Waals surface area contributed by atoms with Crippen LogP contribution >= 0.6 is 11.3 Å². The minimum absolute atomic E-state index is 0.0233. The van der Waals surface area contributed by atoms with Gasteiger partial charge < -0.3 is 15.8 Å². The maximum Gasteiger partial charge on any atom is 0.261 e. The van der Waals surface area contributed by atoms with Crippen LogP contribution in [0.25, 0.3) is 10.2 Å². The summed E-state index contributed by atoms with van der Waals surface area (Å²) in [7, 11) is 1.53. The lowest BCUT2D eigenvalue weighted by Crippen LogP contribution is -2.38. The highest BCUT2D eigenvalue weighted by molar-refractivity contribution is 7.20. The molecule has 1 saturated carbocycles. The summed E-state index contributed by atoms with van der Waals surface area (Å²) in [4.78, 5) is 22.3. The highest BCUT2D eigenvalue weighted by Gasteiger charge is 2.36. The Morgan fingerprint density at radius 2 is 2.00 bits per heavy atom. The summed E-state index contributed by atoms with van der Waals surface area (Å²) in [5.74, 6) is 0.437. The lowest BCUT2D eigenvalue weighted by atomic mass is 9.79. The molecule has 140 valence electrons. The number of methoxy groups -OCH3 is 1. The van der Waals surface area contributed by atoms with E-state index in [9.17, 15) is 4.79 Å². The summed E-state index contributed by atoms with van der Waals surface area (Å²) in [5, 5.41) is 3.85. The van der Waals surface area contributed by atoms with Crippen LogP contribution in [0.1, 0.15) is 40.9 Å². The first-order valence-corrected chi connectivity index (χ1v) is 9.88. The van der Waals surface area contributed by atoms with E-state index in [1.807, 2.05) is 6.07 Å². The van der Waals surface area contributed by atoms with Crippen molar-refractivity contribution in [1.82, 2.24) is 15.3 Å². The van der Waals surface area contributed by atoms with E-state index >= 15 is 0 Å². The second-order valence-electron chi connectivity index (χ2n) is 6.96. The van der Waals surface area contributed by atoms with Gasteiger partial charge in [0, 0.05) is 12.0 Å². The van der Waals surface area contributed by atoms with Gasteiger partial charge in [-0.3, -0.25) is 4.79 Å². The predicted octanol–water partition coefficient (Wildman–Crippen LogP) is 3.52. The van der Waals surface area contributed by atoms with Crippen LogP contribution < -0.4 is 15.8 Å². The molecule has 0 saturated heterocycles. The molecule has 6 nitrogen and oxygen atoms in total. The average Bonchev–Trinajstić information content (AvgIpc) is 3.34. The Labute approximate surface area is 161 Å². The van der Waals surface area contributed by atoms with E-state index < -0.39 is 0 Å². The molecule has 1 fully saturated rings. The number of fused-ring (bicyclic) bond motifs is 1. The lowest BCUT2D eigenvalue weighted by molar-refractivity contribution is 0.0947. The molecule has 0 unspecified atom stereocenters. The van der Waals surface area contributed by atoms with Gasteiger partial charge in [-0.1, -0.05) is 43.2 Å². The third-order valence-electron chi connectivity index (χ3n) is 5.33. The number of anilines is 1. The van der Waals surface area contributed by atoms with Gasteiger partial charge in [0.05, 0.1) is 17.4 Å². The maximum atomic E-state index is 12.8. The summed E-state index contributed by atoms with van der Waals surface area (Å²) >= 11 is 1.30. The van der Waals surface area contributed by atoms with Gasteiger partial charge in [0.25, 0.3) is 5.91 Å². The molecule has 1 aromatic carbocycles. The molecular formula is C20H22N4O2S. The summed E-state index contributed by atoms with van der Waals surface area (Å²) < 4.78 is 5.26. The molecule has 0 spiro atoms. The lowest BCUT2D eigenvalue weighted by Gasteiger charge is -2.30. The van der Waals surface area contributed by atoms with Gasteiger partial charge in [-0.15, -0.1) is 11.3 Å². The van der Waals surface area contributed by atoms with E-state index in [4.69, 9.17) is 10.5 Å². The third kappa shape index (κ3) is 3.35. The normalized spacial score (nSPS) is 15.7. The van der Waals surface area contributed by atoms with E-state index in [0.717, 1.165) is 12.8 Å². The third-order valence-corrected chi connectivity index (χ3v) is 6.35. The van der Waals surface area contributed by atoms with Crippen LogP contribution in [-0.4, -0.2) is 29.5 Å². The molecule has 1 aliphatic rings. The largest absolute Gasteiger partial charge is 0.480 e. The fourth-order valence-electron chi connectivity index (χ4n) is 3.93. The number of aromatic nitrogens is 2. The number of ether oxygens (including phenoxy) is 1. The summed E-state index contributed by atoms with van der Waals surface area (Å²) in [6.45, 7) is 0.634. The van der Waals surface area contributed by atoms with Gasteiger partial charge >= 0.3 is 0 Å². The molecule has 4 rings (SSSR count). The zero-order valence-corrected chi connectivity index (χ0v) is 16.0. The van der Waals surface area contributed by atoms with Crippen molar-refractivity contribution in [2.75, 3.05) is 19.4 Å². The number of nitrogens with one attached hydrogen (secondary N) is 1. The minimum atomic E-state index is -0.0965. The Morgan fingerprint density at radius 3 is 2.70 bits per heavy atom. The fraction of sp³-hybridized carbons (Fsp3) is 0.350. The number of nitrogens with zero attached hydrogens (tertiary/aromatic N) is 2. The molecule has 3 N–H and O–H groups in total. The molecule has 27 heavy (non-hydrogen) atoms. The zero-order chi connectivity index (χ0) is 18.9. The van der Waals surface area contributed by atoms with Crippen molar-refractivity contribution < 1.29 is 9.53 Å². The summed E-state index contributed by atoms with van der Waals surface area (Å²) in [5.41, 5.74) is 7.04. The van der Waals surface area contributed by atoms with E-state index in [1.165, 1.54) is 36.9 Å². The molecule has 1 amide bonds. The first kappa shape index (κ1) is 17.7. The predicted molar refractivity (Wildman–Crippen MR) is 107 cm³/mol. The molecule has 0 radical (unpaired) electrons. The number of amides is 1. The Morgan fingerprint density at radius 1 is 1.26 bits per heavy atom. The molecular weight excluding hydrogens is 360 g/mol. The molecule has 1 aliphatic carbocycles. The summed E-state index contributed by atoms with van der Waals surface area (Å²) in [6, 6.07) is 12.3. The topological polar surface area (TPSA) is 90.1 Å². The SMILES string of the molecule is COc1nc(N)nc2sc(C(=O)NCC3(c4ccccc4)CCCC3)cc12. The monoisotopic (exact) mass is 382 g/mol. The van der Waals surface area contributed by atoms with E-state index in [1.54, 1.807) is 6.07 Å². The molecule has 7 heteroatoms. The standard InChI is InChI=1S/C20H22N4O2S/c1-26-17-14-11-15(27-18(14)24-19(21)23-17)16(25)22-12-20(9-5-6-10-20)13-7-3-2-4-8-13/h2-4,7-8,11H,5-6,9-10,12H2,1H3,(H,22,25)(H2,21,23,24). The minimum Gasteiger partial charge on any atom is -0.480 e. The van der Waals surface area contributed by atoms with Gasteiger partial charge in [-0.2, -0.15) is 4.98 Å². The van der Waals surface area contributed by atoms with Gasteiger partial charge in [-0.05, 0) is 24.5 Å². The van der Waals surface area contributed by atoms with E-state index in [-0.39, 0.29) is 17.3 Å². The number of carbonyl (C=O) groups is 1. The number of thiophene rings is 1. The van der Waals surface area contributed by atoms with Crippen molar-refractivity contribution in [2.24, 2.45) is 0 Å². The van der Waals surface area contributed by atoms with E-state index in [0.29, 0.717) is 27.5 Å². The Bertz CT molecular complexity index is 965. The molecule has 0 aliphatic heterocycles. The number of carbonyl (C=O) groups excluding carboxylic acids is 1. The van der Waals surface area contributed by atoms with Crippen LogP contribution in [0.2, 0.25) is 0 Å². The van der Waals surface area contributed by atoms with Crippen LogP contribution in [0.5, 0.6) is 5.88 Å². The molecule has 0 atom stereocenters. The van der Waals surface area contributed by atoms with Crippen molar-refractivity contribution in [3.8, 4) is 5.88 Å². The highest BCUT2D eigenvalue weighted by atomic mass is 32.1. The van der Waals surface area contributed by atoms with Gasteiger partial charge in [0.2, 0.25) is 11.8 Å². The van der Waals surface area contributed by atoms with Crippen molar-refractivity contribution in [3.05, 3.63) is 46.8 Å². The molecule has 0 bridgehead atoms. The Hall–Kier alpha value is -2.67. The highest BCUT2D eigenvalue weighted by Crippen LogP contribution is 2.40. The van der Waals surface area contributed by atoms with Crippen LogP contribution in [0.15, 0.2) is 36.4 Å². The second kappa shape index (κ2) is 7.15. The number of hydrogen-bond donors (Lipinski definition) is 2. The number of nitrogens with two attached hydrogens (primary N) is 1. The van der Waals surface area contributed by atoms with Crippen molar-refractivity contribution in [3.63, 3.8) is 0 Å². The van der Waals surface area contributed by atoms with Crippen LogP contribution in [0.3, 0.4) is 0 Å². The molecule has 3 aromatic rings. The summed E-state index contributed by atoms with van der Waals surface area (Å²) in [6.07, 6.45) is 4.58. The molecule has 2 heterocycles. The van der Waals surface area contributed by atoms with Crippen molar-refractivity contribution in [2.45, 2.75) is 31.1 Å². The number of hydrogen-bond acceptors (Lipinski definition) is 6. The van der Waals surface area contributed by atoms with E-state index in [2.05, 4.69) is 39.6 Å². The number of rotatable bonds is 5. The van der Waals surface area contributed by atoms with Crippen LogP contribution in [0, 0.1) is 0 Å². The van der Waals surface area contributed by atoms with Crippen molar-refractivity contribution in [1.29, 1.82) is 0 Å². The van der Waals surface area contributed by atoms with Crippen LogP contribution in [-0.2, 0) is 5.41 Å². The molecule has 2 aromatic heterocycles. The first-order valence-electron chi connectivity index (χ1n) is 9.06. The van der Waals surface area contributed by atoms with Gasteiger partial charge in [-0.25, -0.2) is 4.98 Å².